The zero-order valence-electron chi connectivity index (χ0n) is 13.3. The number of rotatable bonds is 6. The van der Waals surface area contributed by atoms with E-state index in [2.05, 4.69) is 35.4 Å². The summed E-state index contributed by atoms with van der Waals surface area (Å²) in [6.45, 7) is -0.305. The standard InChI is InChI=1S/C18H19FN2OS/c1-21-18(22-2)17(23-11-5-10-19)16(20-21)15-9-8-13-6-3-4-7-14(13)12-15/h3-4,6-9,12H,5,10-11H2,1-2H3. The number of thioether (sulfide) groups is 1. The Bertz CT molecular complexity index is 816. The number of hydrogen-bond acceptors (Lipinski definition) is 3. The number of nitrogens with zero attached hydrogens (tertiary/aromatic N) is 2. The molecule has 120 valence electrons. The normalized spacial score (nSPS) is 11.1. The lowest BCUT2D eigenvalue weighted by Gasteiger charge is -2.06. The lowest BCUT2D eigenvalue weighted by Crippen LogP contribution is -1.95. The van der Waals surface area contributed by atoms with Crippen LogP contribution in [0, 0.1) is 0 Å². The quantitative estimate of drug-likeness (QED) is 0.484. The first-order valence-electron chi connectivity index (χ1n) is 7.53. The molecule has 0 saturated heterocycles. The van der Waals surface area contributed by atoms with E-state index < -0.39 is 0 Å². The van der Waals surface area contributed by atoms with Crippen molar-refractivity contribution in [3.8, 4) is 17.1 Å². The van der Waals surface area contributed by atoms with Crippen LogP contribution in [0.2, 0.25) is 0 Å². The lowest BCUT2D eigenvalue weighted by atomic mass is 10.1. The van der Waals surface area contributed by atoms with Crippen molar-refractivity contribution < 1.29 is 9.13 Å². The van der Waals surface area contributed by atoms with Gasteiger partial charge >= 0.3 is 0 Å². The molecule has 0 unspecified atom stereocenters. The van der Waals surface area contributed by atoms with Crippen LogP contribution in [0.4, 0.5) is 4.39 Å². The van der Waals surface area contributed by atoms with Crippen molar-refractivity contribution in [1.29, 1.82) is 0 Å². The van der Waals surface area contributed by atoms with E-state index in [1.54, 1.807) is 23.6 Å². The fraction of sp³-hybridized carbons (Fsp3) is 0.278. The number of aromatic nitrogens is 2. The summed E-state index contributed by atoms with van der Waals surface area (Å²) < 4.78 is 19.6. The summed E-state index contributed by atoms with van der Waals surface area (Å²) in [5.41, 5.74) is 1.93. The first-order valence-corrected chi connectivity index (χ1v) is 8.52. The maximum Gasteiger partial charge on any atom is 0.226 e. The minimum atomic E-state index is -0.305. The Morgan fingerprint density at radius 3 is 2.70 bits per heavy atom. The third-order valence-corrected chi connectivity index (χ3v) is 4.84. The molecule has 3 nitrogen and oxygen atoms in total. The number of methoxy groups -OCH3 is 1. The van der Waals surface area contributed by atoms with Crippen molar-refractivity contribution >= 4 is 22.5 Å². The average molecular weight is 330 g/mol. The molecule has 1 aromatic heterocycles. The first kappa shape index (κ1) is 15.9. The van der Waals surface area contributed by atoms with Crippen LogP contribution >= 0.6 is 11.8 Å². The zero-order valence-corrected chi connectivity index (χ0v) is 14.1. The highest BCUT2D eigenvalue weighted by molar-refractivity contribution is 7.99. The Kier molecular flexibility index (Phi) is 4.86. The van der Waals surface area contributed by atoms with Crippen molar-refractivity contribution in [1.82, 2.24) is 9.78 Å². The first-order chi connectivity index (χ1) is 11.2. The molecule has 0 radical (unpaired) electrons. The topological polar surface area (TPSA) is 27.1 Å². The van der Waals surface area contributed by atoms with Crippen LogP contribution in [0.3, 0.4) is 0 Å². The van der Waals surface area contributed by atoms with Crippen LogP contribution in [-0.2, 0) is 7.05 Å². The van der Waals surface area contributed by atoms with Crippen LogP contribution in [0.25, 0.3) is 22.0 Å². The molecule has 3 rings (SSSR count). The van der Waals surface area contributed by atoms with Gasteiger partial charge in [0.15, 0.2) is 0 Å². The third-order valence-electron chi connectivity index (χ3n) is 3.69. The summed E-state index contributed by atoms with van der Waals surface area (Å²) >= 11 is 1.60. The summed E-state index contributed by atoms with van der Waals surface area (Å²) in [6, 6.07) is 14.6. The Balaban J connectivity index is 2.05. The molecule has 0 N–H and O–H groups in total. The molecule has 5 heteroatoms. The number of halogens is 1. The number of aryl methyl sites for hydroxylation is 1. The fourth-order valence-electron chi connectivity index (χ4n) is 2.60. The number of alkyl halides is 1. The van der Waals surface area contributed by atoms with Gasteiger partial charge in [0.25, 0.3) is 0 Å². The zero-order chi connectivity index (χ0) is 16.2. The highest BCUT2D eigenvalue weighted by Gasteiger charge is 2.19. The average Bonchev–Trinajstić information content (AvgIpc) is 2.90. The predicted molar refractivity (Wildman–Crippen MR) is 94.0 cm³/mol. The summed E-state index contributed by atoms with van der Waals surface area (Å²) in [7, 11) is 3.50. The largest absolute Gasteiger partial charge is 0.480 e. The predicted octanol–water partition coefficient (Wildman–Crippen LogP) is 4.70. The maximum atomic E-state index is 12.4. The number of benzene rings is 2. The summed E-state index contributed by atoms with van der Waals surface area (Å²) in [4.78, 5) is 0.971. The molecule has 1 heterocycles. The fourth-order valence-corrected chi connectivity index (χ4v) is 3.69. The smallest absolute Gasteiger partial charge is 0.226 e. The molecule has 0 bridgehead atoms. The van der Waals surface area contributed by atoms with E-state index in [0.717, 1.165) is 22.0 Å². The monoisotopic (exact) mass is 330 g/mol. The van der Waals surface area contributed by atoms with E-state index in [1.165, 1.54) is 10.8 Å². The Labute approximate surface area is 139 Å². The number of hydrogen-bond donors (Lipinski definition) is 0. The van der Waals surface area contributed by atoms with Gasteiger partial charge in [-0.05, 0) is 23.3 Å². The van der Waals surface area contributed by atoms with Gasteiger partial charge < -0.3 is 4.74 Å². The number of fused-ring (bicyclic) bond motifs is 1. The van der Waals surface area contributed by atoms with E-state index in [0.29, 0.717) is 12.2 Å². The van der Waals surface area contributed by atoms with Gasteiger partial charge in [0.05, 0.1) is 18.7 Å². The van der Waals surface area contributed by atoms with Gasteiger partial charge in [0, 0.05) is 18.4 Å². The number of ether oxygens (including phenoxy) is 1. The summed E-state index contributed by atoms with van der Waals surface area (Å²) in [6.07, 6.45) is 0.528. The van der Waals surface area contributed by atoms with Crippen LogP contribution in [0.5, 0.6) is 5.88 Å². The summed E-state index contributed by atoms with van der Waals surface area (Å²) in [5.74, 6) is 1.43. The Morgan fingerprint density at radius 1 is 1.17 bits per heavy atom. The second-order valence-corrected chi connectivity index (χ2v) is 6.37. The van der Waals surface area contributed by atoms with Crippen LogP contribution in [-0.4, -0.2) is 29.3 Å². The van der Waals surface area contributed by atoms with Gasteiger partial charge in [-0.15, -0.1) is 11.8 Å². The highest BCUT2D eigenvalue weighted by atomic mass is 32.2. The van der Waals surface area contributed by atoms with Crippen molar-refractivity contribution in [2.75, 3.05) is 19.5 Å². The van der Waals surface area contributed by atoms with Crippen LogP contribution in [0.15, 0.2) is 47.4 Å². The van der Waals surface area contributed by atoms with Gasteiger partial charge in [-0.3, -0.25) is 4.39 Å². The van der Waals surface area contributed by atoms with Crippen LogP contribution < -0.4 is 4.74 Å². The molecule has 3 aromatic rings. The molecule has 0 aliphatic heterocycles. The molecule has 0 saturated carbocycles. The van der Waals surface area contributed by atoms with E-state index in [4.69, 9.17) is 4.74 Å². The van der Waals surface area contributed by atoms with Crippen molar-refractivity contribution in [2.45, 2.75) is 11.3 Å². The van der Waals surface area contributed by atoms with Gasteiger partial charge in [-0.1, -0.05) is 36.4 Å². The molecule has 0 fully saturated rings. The van der Waals surface area contributed by atoms with E-state index >= 15 is 0 Å². The molecule has 0 aliphatic rings. The highest BCUT2D eigenvalue weighted by Crippen LogP contribution is 2.39. The molecular weight excluding hydrogens is 311 g/mol. The Hall–Kier alpha value is -2.01. The van der Waals surface area contributed by atoms with E-state index in [9.17, 15) is 4.39 Å². The van der Waals surface area contributed by atoms with Gasteiger partial charge in [0.1, 0.15) is 5.69 Å². The third kappa shape index (κ3) is 3.20. The van der Waals surface area contributed by atoms with Crippen molar-refractivity contribution in [3.05, 3.63) is 42.5 Å². The molecule has 23 heavy (non-hydrogen) atoms. The maximum absolute atomic E-state index is 12.4. The summed E-state index contributed by atoms with van der Waals surface area (Å²) in [5, 5.41) is 6.99. The molecule has 2 aromatic carbocycles. The van der Waals surface area contributed by atoms with Crippen molar-refractivity contribution in [2.24, 2.45) is 7.05 Å². The molecule has 0 amide bonds. The minimum absolute atomic E-state index is 0.305. The van der Waals surface area contributed by atoms with Gasteiger partial charge in [-0.25, -0.2) is 4.68 Å². The van der Waals surface area contributed by atoms with Gasteiger partial charge in [-0.2, -0.15) is 5.10 Å². The minimum Gasteiger partial charge on any atom is -0.480 e. The van der Waals surface area contributed by atoms with Crippen molar-refractivity contribution in [3.63, 3.8) is 0 Å². The molecule has 0 atom stereocenters. The molecule has 0 aliphatic carbocycles. The second kappa shape index (κ2) is 7.04. The van der Waals surface area contributed by atoms with Crippen LogP contribution in [0.1, 0.15) is 6.42 Å². The van der Waals surface area contributed by atoms with E-state index in [-0.39, 0.29) is 6.67 Å². The lowest BCUT2D eigenvalue weighted by molar-refractivity contribution is 0.365. The second-order valence-electron chi connectivity index (χ2n) is 5.26. The SMILES string of the molecule is COc1c(SCCCF)c(-c2ccc3ccccc3c2)nn1C. The molecular formula is C18H19FN2OS. The van der Waals surface area contributed by atoms with Gasteiger partial charge in [0.2, 0.25) is 5.88 Å². The van der Waals surface area contributed by atoms with E-state index in [1.807, 2.05) is 19.2 Å². The Morgan fingerprint density at radius 2 is 1.96 bits per heavy atom. The molecule has 0 spiro atoms.